The number of rotatable bonds is 5. The van der Waals surface area contributed by atoms with E-state index in [1.165, 1.54) is 102 Å². The van der Waals surface area contributed by atoms with E-state index in [2.05, 4.69) is 9.80 Å². The summed E-state index contributed by atoms with van der Waals surface area (Å²) in [7, 11) is 0. The number of nitrogens with zero attached hydrogens (tertiary/aromatic N) is 4. The maximum atomic E-state index is 12.4. The Morgan fingerprint density at radius 2 is 1.52 bits per heavy atom. The molecule has 1 aromatic rings. The summed E-state index contributed by atoms with van der Waals surface area (Å²) < 4.78 is 1.77. The van der Waals surface area contributed by atoms with E-state index >= 15 is 0 Å². The van der Waals surface area contributed by atoms with Gasteiger partial charge in [0.25, 0.3) is 5.56 Å². The Kier molecular flexibility index (Phi) is 6.61. The minimum atomic E-state index is 0.110. The van der Waals surface area contributed by atoms with Gasteiger partial charge in [-0.2, -0.15) is 5.10 Å². The maximum Gasteiger partial charge on any atom is 0.267 e. The topological polar surface area (TPSA) is 41.4 Å². The lowest BCUT2D eigenvalue weighted by molar-refractivity contribution is 0.147. The van der Waals surface area contributed by atoms with Crippen molar-refractivity contribution in [1.29, 1.82) is 0 Å². The van der Waals surface area contributed by atoms with Crippen molar-refractivity contribution in [3.05, 3.63) is 27.7 Å². The van der Waals surface area contributed by atoms with Gasteiger partial charge in [-0.1, -0.05) is 12.8 Å². The molecule has 4 rings (SSSR count). The van der Waals surface area contributed by atoms with Gasteiger partial charge in [-0.15, -0.1) is 0 Å². The minimum Gasteiger partial charge on any atom is -0.302 e. The van der Waals surface area contributed by atoms with Crippen LogP contribution < -0.4 is 5.56 Å². The molecule has 27 heavy (non-hydrogen) atoms. The highest BCUT2D eigenvalue weighted by Crippen LogP contribution is 2.20. The average molecular weight is 373 g/mol. The molecule has 0 aromatic carbocycles. The number of hydrogen-bond acceptors (Lipinski definition) is 4. The molecule has 5 nitrogen and oxygen atoms in total. The summed E-state index contributed by atoms with van der Waals surface area (Å²) >= 11 is 0. The lowest BCUT2D eigenvalue weighted by Crippen LogP contribution is -2.41. The van der Waals surface area contributed by atoms with Crippen LogP contribution in [0.1, 0.15) is 62.6 Å². The fourth-order valence-corrected chi connectivity index (χ4v) is 5.01. The largest absolute Gasteiger partial charge is 0.302 e. The highest BCUT2D eigenvalue weighted by molar-refractivity contribution is 5.20. The summed E-state index contributed by atoms with van der Waals surface area (Å²) in [6, 6.07) is 1.86. The van der Waals surface area contributed by atoms with Crippen molar-refractivity contribution in [3.63, 3.8) is 0 Å². The summed E-state index contributed by atoms with van der Waals surface area (Å²) in [6.07, 6.45) is 12.5. The molecule has 0 atom stereocenters. The van der Waals surface area contributed by atoms with Gasteiger partial charge in [-0.05, 0) is 89.0 Å². The Morgan fingerprint density at radius 3 is 2.26 bits per heavy atom. The van der Waals surface area contributed by atoms with Crippen LogP contribution in [0.3, 0.4) is 0 Å². The Labute approximate surface area is 163 Å². The van der Waals surface area contributed by atoms with E-state index in [0.29, 0.717) is 5.92 Å². The Bertz CT molecular complexity index is 655. The van der Waals surface area contributed by atoms with Crippen LogP contribution in [0, 0.1) is 5.92 Å². The molecule has 3 aliphatic rings. The van der Waals surface area contributed by atoms with E-state index in [-0.39, 0.29) is 5.56 Å². The SMILES string of the molecule is O=c1cc2c(nn1CC1CCN(CCN3CCCCCC3)CC1)CCCC2. The summed E-state index contributed by atoms with van der Waals surface area (Å²) in [6.45, 7) is 8.20. The predicted molar refractivity (Wildman–Crippen MR) is 109 cm³/mol. The van der Waals surface area contributed by atoms with Crippen molar-refractivity contribution in [1.82, 2.24) is 19.6 Å². The molecule has 0 radical (unpaired) electrons. The van der Waals surface area contributed by atoms with Crippen molar-refractivity contribution in [2.75, 3.05) is 39.3 Å². The molecular weight excluding hydrogens is 336 g/mol. The number of hydrogen-bond donors (Lipinski definition) is 0. The van der Waals surface area contributed by atoms with Crippen LogP contribution in [0.15, 0.2) is 10.9 Å². The second-order valence-electron chi connectivity index (χ2n) is 8.88. The summed E-state index contributed by atoms with van der Waals surface area (Å²) in [5.41, 5.74) is 2.49. The van der Waals surface area contributed by atoms with Gasteiger partial charge in [0.05, 0.1) is 5.69 Å². The molecular formula is C22H36N4O. The van der Waals surface area contributed by atoms with Gasteiger partial charge in [-0.25, -0.2) is 4.68 Å². The minimum absolute atomic E-state index is 0.110. The van der Waals surface area contributed by atoms with Gasteiger partial charge in [-0.3, -0.25) is 4.79 Å². The van der Waals surface area contributed by atoms with E-state index < -0.39 is 0 Å². The summed E-state index contributed by atoms with van der Waals surface area (Å²) in [4.78, 5) is 17.7. The van der Waals surface area contributed by atoms with Crippen molar-refractivity contribution in [3.8, 4) is 0 Å². The van der Waals surface area contributed by atoms with Gasteiger partial charge < -0.3 is 9.80 Å². The lowest BCUT2D eigenvalue weighted by atomic mass is 9.96. The number of aryl methyl sites for hydroxylation is 2. The van der Waals surface area contributed by atoms with E-state index in [4.69, 9.17) is 5.10 Å². The van der Waals surface area contributed by atoms with Gasteiger partial charge in [0.15, 0.2) is 0 Å². The second-order valence-corrected chi connectivity index (χ2v) is 8.88. The molecule has 150 valence electrons. The van der Waals surface area contributed by atoms with Gasteiger partial charge in [0.1, 0.15) is 0 Å². The molecule has 1 aliphatic carbocycles. The molecule has 2 aliphatic heterocycles. The van der Waals surface area contributed by atoms with Gasteiger partial charge >= 0.3 is 0 Å². The zero-order valence-electron chi connectivity index (χ0n) is 16.9. The van der Waals surface area contributed by atoms with Crippen molar-refractivity contribution in [2.24, 2.45) is 5.92 Å². The highest BCUT2D eigenvalue weighted by atomic mass is 16.1. The summed E-state index contributed by atoms with van der Waals surface area (Å²) in [5, 5.41) is 4.72. The molecule has 2 fully saturated rings. The van der Waals surface area contributed by atoms with Gasteiger partial charge in [0, 0.05) is 25.7 Å². The monoisotopic (exact) mass is 372 g/mol. The quantitative estimate of drug-likeness (QED) is 0.797. The number of aromatic nitrogens is 2. The number of likely N-dealkylation sites (tertiary alicyclic amines) is 2. The van der Waals surface area contributed by atoms with Crippen LogP contribution in [0.2, 0.25) is 0 Å². The molecule has 0 bridgehead atoms. The van der Waals surface area contributed by atoms with Gasteiger partial charge in [0.2, 0.25) is 0 Å². The van der Waals surface area contributed by atoms with Crippen LogP contribution in [0.4, 0.5) is 0 Å². The fraction of sp³-hybridized carbons (Fsp3) is 0.818. The van der Waals surface area contributed by atoms with E-state index in [1.807, 2.05) is 6.07 Å². The zero-order chi connectivity index (χ0) is 18.5. The van der Waals surface area contributed by atoms with E-state index in [9.17, 15) is 4.79 Å². The molecule has 0 unspecified atom stereocenters. The maximum absolute atomic E-state index is 12.4. The lowest BCUT2D eigenvalue weighted by Gasteiger charge is -2.33. The molecule has 0 N–H and O–H groups in total. The smallest absolute Gasteiger partial charge is 0.267 e. The molecule has 3 heterocycles. The average Bonchev–Trinajstić information content (AvgIpc) is 2.97. The van der Waals surface area contributed by atoms with Crippen LogP contribution in [0.5, 0.6) is 0 Å². The third kappa shape index (κ3) is 5.20. The molecule has 2 saturated heterocycles. The first-order valence-electron chi connectivity index (χ1n) is 11.3. The van der Waals surface area contributed by atoms with Crippen molar-refractivity contribution in [2.45, 2.75) is 70.8 Å². The third-order valence-electron chi connectivity index (χ3n) is 6.84. The Balaban J connectivity index is 1.24. The Morgan fingerprint density at radius 1 is 0.852 bits per heavy atom. The number of piperidine rings is 1. The standard InChI is InChI=1S/C22H36N4O/c27-22-17-20-7-3-4-8-21(20)23-26(22)18-19-9-13-25(14-10-19)16-15-24-11-5-1-2-6-12-24/h17,19H,1-16,18H2. The zero-order valence-corrected chi connectivity index (χ0v) is 16.9. The normalized spacial score (nSPS) is 23.1. The van der Waals surface area contributed by atoms with Crippen molar-refractivity contribution < 1.29 is 0 Å². The first-order valence-corrected chi connectivity index (χ1v) is 11.3. The molecule has 0 amide bonds. The fourth-order valence-electron chi connectivity index (χ4n) is 5.01. The first-order chi connectivity index (χ1) is 13.3. The summed E-state index contributed by atoms with van der Waals surface area (Å²) in [5.74, 6) is 0.603. The highest BCUT2D eigenvalue weighted by Gasteiger charge is 2.22. The molecule has 5 heteroatoms. The molecule has 0 saturated carbocycles. The van der Waals surface area contributed by atoms with E-state index in [0.717, 1.165) is 19.4 Å². The molecule has 0 spiro atoms. The van der Waals surface area contributed by atoms with Crippen LogP contribution >= 0.6 is 0 Å². The molecule has 1 aromatic heterocycles. The van der Waals surface area contributed by atoms with Crippen LogP contribution in [-0.4, -0.2) is 58.8 Å². The number of fused-ring (bicyclic) bond motifs is 1. The Hall–Kier alpha value is -1.20. The first kappa shape index (κ1) is 19.1. The second kappa shape index (κ2) is 9.33. The van der Waals surface area contributed by atoms with E-state index in [1.54, 1.807) is 4.68 Å². The third-order valence-corrected chi connectivity index (χ3v) is 6.84. The predicted octanol–water partition coefficient (Wildman–Crippen LogP) is 2.71. The van der Waals surface area contributed by atoms with Crippen LogP contribution in [-0.2, 0) is 19.4 Å². The van der Waals surface area contributed by atoms with Crippen LogP contribution in [0.25, 0.3) is 0 Å². The van der Waals surface area contributed by atoms with Crippen molar-refractivity contribution >= 4 is 0 Å².